The maximum Gasteiger partial charge on any atom is 0.0461 e. The van der Waals surface area contributed by atoms with Crippen LogP contribution in [0.1, 0.15) is 58.4 Å². The van der Waals surface area contributed by atoms with Crippen LogP contribution in [0.4, 0.5) is 0 Å². The van der Waals surface area contributed by atoms with E-state index in [0.29, 0.717) is 0 Å². The zero-order chi connectivity index (χ0) is 13.6. The van der Waals surface area contributed by atoms with Gasteiger partial charge in [-0.15, -0.1) is 0 Å². The van der Waals surface area contributed by atoms with Crippen LogP contribution < -0.4 is 0 Å². The van der Waals surface area contributed by atoms with Crippen molar-refractivity contribution in [3.63, 3.8) is 0 Å². The van der Waals surface area contributed by atoms with Crippen LogP contribution in [0.15, 0.2) is 12.3 Å². The largest absolute Gasteiger partial charge is 0.294 e. The van der Waals surface area contributed by atoms with Crippen LogP contribution >= 0.6 is 0 Å². The molecule has 2 nitrogen and oxygen atoms in total. The molecule has 100 valence electrons. The molecular weight excluding hydrogens is 220 g/mol. The van der Waals surface area contributed by atoms with Crippen molar-refractivity contribution in [1.29, 1.82) is 0 Å². The average Bonchev–Trinajstić information content (AvgIpc) is 2.25. The normalized spacial score (nSPS) is 17.7. The fraction of sp³-hybridized carbons (Fsp3) is 0.688. The number of nitrogens with zero attached hydrogens (tertiary/aromatic N) is 2. The molecule has 1 aliphatic heterocycles. The standard InChI is InChI=1S/C16H26N2/c1-15(2,3)13-9-12-11-18(16(4,5)6)8-7-14(12)17-10-13/h9-10H,7-8,11H2,1-6H3. The first-order valence-electron chi connectivity index (χ1n) is 6.91. The van der Waals surface area contributed by atoms with E-state index in [2.05, 4.69) is 63.7 Å². The predicted molar refractivity (Wildman–Crippen MR) is 76.8 cm³/mol. The van der Waals surface area contributed by atoms with E-state index in [4.69, 9.17) is 0 Å². The van der Waals surface area contributed by atoms with E-state index in [1.807, 2.05) is 0 Å². The van der Waals surface area contributed by atoms with Crippen LogP contribution in [0.2, 0.25) is 0 Å². The fourth-order valence-corrected chi connectivity index (χ4v) is 2.41. The van der Waals surface area contributed by atoms with Crippen molar-refractivity contribution in [2.75, 3.05) is 6.54 Å². The van der Waals surface area contributed by atoms with Crippen LogP contribution in [0, 0.1) is 0 Å². The highest BCUT2D eigenvalue weighted by Crippen LogP contribution is 2.28. The second kappa shape index (κ2) is 4.34. The average molecular weight is 246 g/mol. The van der Waals surface area contributed by atoms with Crippen molar-refractivity contribution in [3.8, 4) is 0 Å². The predicted octanol–water partition coefficient (Wildman–Crippen LogP) is 3.54. The Hall–Kier alpha value is -0.890. The van der Waals surface area contributed by atoms with Crippen LogP contribution in [0.5, 0.6) is 0 Å². The van der Waals surface area contributed by atoms with Gasteiger partial charge in [-0.1, -0.05) is 26.8 Å². The molecule has 18 heavy (non-hydrogen) atoms. The van der Waals surface area contributed by atoms with E-state index in [-0.39, 0.29) is 11.0 Å². The molecule has 1 aliphatic rings. The van der Waals surface area contributed by atoms with Crippen molar-refractivity contribution in [3.05, 3.63) is 29.1 Å². The monoisotopic (exact) mass is 246 g/mol. The summed E-state index contributed by atoms with van der Waals surface area (Å²) >= 11 is 0. The summed E-state index contributed by atoms with van der Waals surface area (Å²) in [6.07, 6.45) is 3.14. The van der Waals surface area contributed by atoms with Crippen molar-refractivity contribution < 1.29 is 0 Å². The molecule has 0 N–H and O–H groups in total. The zero-order valence-corrected chi connectivity index (χ0v) is 12.7. The minimum atomic E-state index is 0.187. The van der Waals surface area contributed by atoms with Crippen LogP contribution in [-0.2, 0) is 18.4 Å². The molecule has 0 aromatic carbocycles. The maximum absolute atomic E-state index is 4.68. The summed E-state index contributed by atoms with van der Waals surface area (Å²) in [6, 6.07) is 2.36. The van der Waals surface area contributed by atoms with Gasteiger partial charge in [-0.3, -0.25) is 9.88 Å². The lowest BCUT2D eigenvalue weighted by molar-refractivity contribution is 0.119. The molecule has 0 saturated carbocycles. The van der Waals surface area contributed by atoms with E-state index >= 15 is 0 Å². The first kappa shape index (κ1) is 13.5. The van der Waals surface area contributed by atoms with E-state index in [1.165, 1.54) is 16.8 Å². The Morgan fingerprint density at radius 2 is 1.78 bits per heavy atom. The van der Waals surface area contributed by atoms with E-state index in [9.17, 15) is 0 Å². The summed E-state index contributed by atoms with van der Waals surface area (Å²) in [5.74, 6) is 0. The fourth-order valence-electron chi connectivity index (χ4n) is 2.41. The van der Waals surface area contributed by atoms with Gasteiger partial charge in [-0.05, 0) is 37.3 Å². The third-order valence-corrected chi connectivity index (χ3v) is 3.85. The molecule has 0 atom stereocenters. The Balaban J connectivity index is 2.31. The van der Waals surface area contributed by atoms with Crippen LogP contribution in [0.25, 0.3) is 0 Å². The van der Waals surface area contributed by atoms with Gasteiger partial charge in [0.2, 0.25) is 0 Å². The van der Waals surface area contributed by atoms with Crippen molar-refractivity contribution in [1.82, 2.24) is 9.88 Å². The van der Waals surface area contributed by atoms with Crippen molar-refractivity contribution in [2.45, 2.75) is 65.5 Å². The van der Waals surface area contributed by atoms with Crippen LogP contribution in [-0.4, -0.2) is 22.0 Å². The lowest BCUT2D eigenvalue weighted by Gasteiger charge is -2.39. The molecule has 0 amide bonds. The van der Waals surface area contributed by atoms with Gasteiger partial charge in [0, 0.05) is 36.9 Å². The van der Waals surface area contributed by atoms with E-state index < -0.39 is 0 Å². The Morgan fingerprint density at radius 3 is 2.33 bits per heavy atom. The lowest BCUT2D eigenvalue weighted by atomic mass is 9.86. The highest BCUT2D eigenvalue weighted by molar-refractivity contribution is 5.31. The molecule has 1 aromatic rings. The lowest BCUT2D eigenvalue weighted by Crippen LogP contribution is -2.44. The summed E-state index contributed by atoms with van der Waals surface area (Å²) in [5, 5.41) is 0. The third-order valence-electron chi connectivity index (χ3n) is 3.85. The number of fused-ring (bicyclic) bond motifs is 1. The number of rotatable bonds is 0. The molecule has 2 heteroatoms. The van der Waals surface area contributed by atoms with E-state index in [0.717, 1.165) is 19.5 Å². The Morgan fingerprint density at radius 1 is 1.11 bits per heavy atom. The second-order valence-corrected chi connectivity index (χ2v) is 7.42. The summed E-state index contributed by atoms with van der Waals surface area (Å²) in [4.78, 5) is 7.22. The third kappa shape index (κ3) is 2.74. The summed E-state index contributed by atoms with van der Waals surface area (Å²) in [5.41, 5.74) is 4.49. The molecule has 2 rings (SSSR count). The topological polar surface area (TPSA) is 16.1 Å². The molecule has 0 bridgehead atoms. The smallest absolute Gasteiger partial charge is 0.0461 e. The first-order valence-corrected chi connectivity index (χ1v) is 6.91. The number of hydrogen-bond donors (Lipinski definition) is 0. The molecule has 0 fully saturated rings. The number of hydrogen-bond acceptors (Lipinski definition) is 2. The molecular formula is C16H26N2. The Bertz CT molecular complexity index is 435. The number of aromatic nitrogens is 1. The zero-order valence-electron chi connectivity index (χ0n) is 12.7. The van der Waals surface area contributed by atoms with Gasteiger partial charge in [0.25, 0.3) is 0 Å². The van der Waals surface area contributed by atoms with Gasteiger partial charge in [0.05, 0.1) is 0 Å². The second-order valence-electron chi connectivity index (χ2n) is 7.42. The van der Waals surface area contributed by atoms with Gasteiger partial charge in [-0.2, -0.15) is 0 Å². The Kier molecular flexibility index (Phi) is 3.26. The maximum atomic E-state index is 4.68. The van der Waals surface area contributed by atoms with Gasteiger partial charge in [-0.25, -0.2) is 0 Å². The van der Waals surface area contributed by atoms with Crippen molar-refractivity contribution in [2.24, 2.45) is 0 Å². The minimum Gasteiger partial charge on any atom is -0.294 e. The highest BCUT2D eigenvalue weighted by atomic mass is 15.2. The van der Waals surface area contributed by atoms with Crippen LogP contribution in [0.3, 0.4) is 0 Å². The van der Waals surface area contributed by atoms with Crippen molar-refractivity contribution >= 4 is 0 Å². The van der Waals surface area contributed by atoms with Gasteiger partial charge in [0.15, 0.2) is 0 Å². The van der Waals surface area contributed by atoms with Gasteiger partial charge >= 0.3 is 0 Å². The molecule has 0 unspecified atom stereocenters. The summed E-state index contributed by atoms with van der Waals surface area (Å²) in [7, 11) is 0. The molecule has 0 aliphatic carbocycles. The summed E-state index contributed by atoms with van der Waals surface area (Å²) in [6.45, 7) is 15.8. The Labute approximate surface area is 111 Å². The molecule has 0 saturated heterocycles. The minimum absolute atomic E-state index is 0.187. The van der Waals surface area contributed by atoms with Gasteiger partial charge in [0.1, 0.15) is 0 Å². The first-order chi connectivity index (χ1) is 8.18. The molecule has 2 heterocycles. The summed E-state index contributed by atoms with van der Waals surface area (Å²) < 4.78 is 0. The SMILES string of the molecule is CC(C)(C)c1cnc2c(c1)CN(C(C)(C)C)CC2. The number of pyridine rings is 1. The molecule has 1 aromatic heterocycles. The molecule has 0 radical (unpaired) electrons. The highest BCUT2D eigenvalue weighted by Gasteiger charge is 2.27. The molecule has 0 spiro atoms. The quantitative estimate of drug-likeness (QED) is 0.696. The van der Waals surface area contributed by atoms with E-state index in [1.54, 1.807) is 0 Å². The van der Waals surface area contributed by atoms with Gasteiger partial charge < -0.3 is 0 Å².